The van der Waals surface area contributed by atoms with Crippen molar-refractivity contribution in [2.24, 2.45) is 5.92 Å². The van der Waals surface area contributed by atoms with Crippen molar-refractivity contribution in [1.82, 2.24) is 5.32 Å². The van der Waals surface area contributed by atoms with Crippen LogP contribution >= 0.6 is 0 Å². The standard InChI is InChI=1S/C7H13NO4/c1-2-6(11)8-7(12)5(3-9)4-10/h2,5,7,9-10,12H,1,3-4H2,(H,8,11). The highest BCUT2D eigenvalue weighted by molar-refractivity contribution is 5.86. The SMILES string of the molecule is C=CC(=O)NC(O)C(CO)CO. The number of aliphatic hydroxyl groups is 3. The fourth-order valence-corrected chi connectivity index (χ4v) is 0.580. The first-order valence-electron chi connectivity index (χ1n) is 3.48. The maximum Gasteiger partial charge on any atom is 0.245 e. The third-order valence-corrected chi connectivity index (χ3v) is 1.39. The number of carbonyl (C=O) groups is 1. The minimum Gasteiger partial charge on any atom is -0.396 e. The van der Waals surface area contributed by atoms with Crippen molar-refractivity contribution < 1.29 is 20.1 Å². The van der Waals surface area contributed by atoms with Gasteiger partial charge in [0.2, 0.25) is 5.91 Å². The van der Waals surface area contributed by atoms with Crippen LogP contribution in [0.2, 0.25) is 0 Å². The van der Waals surface area contributed by atoms with Crippen LogP contribution in [0.5, 0.6) is 0 Å². The van der Waals surface area contributed by atoms with E-state index in [2.05, 4.69) is 11.9 Å². The smallest absolute Gasteiger partial charge is 0.245 e. The van der Waals surface area contributed by atoms with E-state index in [1.54, 1.807) is 0 Å². The highest BCUT2D eigenvalue weighted by Crippen LogP contribution is 1.98. The average molecular weight is 175 g/mol. The fraction of sp³-hybridized carbons (Fsp3) is 0.571. The number of hydrogen-bond acceptors (Lipinski definition) is 4. The lowest BCUT2D eigenvalue weighted by Crippen LogP contribution is -2.42. The van der Waals surface area contributed by atoms with Gasteiger partial charge in [-0.3, -0.25) is 4.79 Å². The van der Waals surface area contributed by atoms with Gasteiger partial charge in [-0.05, 0) is 6.08 Å². The molecule has 0 heterocycles. The Kier molecular flexibility index (Phi) is 5.27. The maximum absolute atomic E-state index is 10.6. The van der Waals surface area contributed by atoms with Gasteiger partial charge in [-0.2, -0.15) is 0 Å². The van der Waals surface area contributed by atoms with Crippen LogP contribution in [0.15, 0.2) is 12.7 Å². The number of hydrogen-bond donors (Lipinski definition) is 4. The van der Waals surface area contributed by atoms with Crippen molar-refractivity contribution in [3.05, 3.63) is 12.7 Å². The first kappa shape index (κ1) is 11.1. The predicted octanol–water partition coefficient (Wildman–Crippen LogP) is -1.79. The van der Waals surface area contributed by atoms with E-state index in [0.29, 0.717) is 0 Å². The summed E-state index contributed by atoms with van der Waals surface area (Å²) < 4.78 is 0. The van der Waals surface area contributed by atoms with E-state index in [9.17, 15) is 4.79 Å². The summed E-state index contributed by atoms with van der Waals surface area (Å²) in [6.07, 6.45) is -0.250. The van der Waals surface area contributed by atoms with Gasteiger partial charge in [-0.1, -0.05) is 6.58 Å². The van der Waals surface area contributed by atoms with Crippen molar-refractivity contribution in [2.75, 3.05) is 13.2 Å². The van der Waals surface area contributed by atoms with Gasteiger partial charge in [0, 0.05) is 5.92 Å². The minimum absolute atomic E-state index is 0.394. The van der Waals surface area contributed by atoms with Crippen LogP contribution < -0.4 is 5.32 Å². The molecule has 0 aromatic carbocycles. The summed E-state index contributed by atoms with van der Waals surface area (Å²) in [4.78, 5) is 10.6. The molecule has 0 rings (SSSR count). The Bertz CT molecular complexity index is 155. The van der Waals surface area contributed by atoms with Gasteiger partial charge < -0.3 is 20.6 Å². The minimum atomic E-state index is -1.24. The van der Waals surface area contributed by atoms with Crippen LogP contribution in [-0.4, -0.2) is 40.7 Å². The third-order valence-electron chi connectivity index (χ3n) is 1.39. The van der Waals surface area contributed by atoms with E-state index in [0.717, 1.165) is 6.08 Å². The molecule has 0 saturated carbocycles. The molecule has 0 aliphatic rings. The number of aliphatic hydroxyl groups excluding tert-OH is 3. The molecule has 0 bridgehead atoms. The van der Waals surface area contributed by atoms with Gasteiger partial charge in [-0.15, -0.1) is 0 Å². The Morgan fingerprint density at radius 2 is 2.00 bits per heavy atom. The monoisotopic (exact) mass is 175 g/mol. The first-order valence-corrected chi connectivity index (χ1v) is 3.48. The Morgan fingerprint density at radius 3 is 2.33 bits per heavy atom. The molecular formula is C7H13NO4. The van der Waals surface area contributed by atoms with Crippen molar-refractivity contribution >= 4 is 5.91 Å². The highest BCUT2D eigenvalue weighted by Gasteiger charge is 2.17. The van der Waals surface area contributed by atoms with E-state index in [1.165, 1.54) is 0 Å². The fourth-order valence-electron chi connectivity index (χ4n) is 0.580. The van der Waals surface area contributed by atoms with Crippen LogP contribution in [0, 0.1) is 5.92 Å². The quantitative estimate of drug-likeness (QED) is 0.293. The van der Waals surface area contributed by atoms with Crippen LogP contribution in [0.1, 0.15) is 0 Å². The molecule has 0 aromatic rings. The van der Waals surface area contributed by atoms with Crippen molar-refractivity contribution in [3.8, 4) is 0 Å². The van der Waals surface area contributed by atoms with Gasteiger partial charge in [0.15, 0.2) is 0 Å². The zero-order valence-electron chi connectivity index (χ0n) is 6.60. The number of nitrogens with one attached hydrogen (secondary N) is 1. The lowest BCUT2D eigenvalue weighted by Gasteiger charge is -2.18. The first-order chi connectivity index (χ1) is 5.65. The predicted molar refractivity (Wildman–Crippen MR) is 42.0 cm³/mol. The number of rotatable bonds is 5. The Labute approximate surface area is 70.3 Å². The summed E-state index contributed by atoms with van der Waals surface area (Å²) in [5, 5.41) is 28.4. The van der Waals surface area contributed by atoms with E-state index in [-0.39, 0.29) is 0 Å². The van der Waals surface area contributed by atoms with Crippen molar-refractivity contribution in [2.45, 2.75) is 6.23 Å². The second kappa shape index (κ2) is 5.70. The number of carbonyl (C=O) groups excluding carboxylic acids is 1. The van der Waals surface area contributed by atoms with E-state index in [1.807, 2.05) is 0 Å². The second-order valence-electron chi connectivity index (χ2n) is 2.28. The molecule has 70 valence electrons. The molecule has 0 fully saturated rings. The molecule has 0 aliphatic carbocycles. The topological polar surface area (TPSA) is 89.8 Å². The zero-order valence-corrected chi connectivity index (χ0v) is 6.60. The molecule has 12 heavy (non-hydrogen) atoms. The number of amides is 1. The van der Waals surface area contributed by atoms with E-state index < -0.39 is 31.3 Å². The Morgan fingerprint density at radius 1 is 1.50 bits per heavy atom. The molecule has 0 radical (unpaired) electrons. The Hall–Kier alpha value is -0.910. The molecule has 1 unspecified atom stereocenters. The Balaban J connectivity index is 3.91. The summed E-state index contributed by atoms with van der Waals surface area (Å²) in [6.45, 7) is 2.39. The lowest BCUT2D eigenvalue weighted by molar-refractivity contribution is -0.121. The van der Waals surface area contributed by atoms with Gasteiger partial charge >= 0.3 is 0 Å². The highest BCUT2D eigenvalue weighted by atomic mass is 16.3. The molecule has 0 spiro atoms. The van der Waals surface area contributed by atoms with Crippen molar-refractivity contribution in [3.63, 3.8) is 0 Å². The molecule has 0 saturated heterocycles. The summed E-state index contributed by atoms with van der Waals surface area (Å²) >= 11 is 0. The molecular weight excluding hydrogens is 162 g/mol. The van der Waals surface area contributed by atoms with Crippen LogP contribution in [0.4, 0.5) is 0 Å². The van der Waals surface area contributed by atoms with Gasteiger partial charge in [-0.25, -0.2) is 0 Å². The molecule has 5 nitrogen and oxygen atoms in total. The van der Waals surface area contributed by atoms with Crippen LogP contribution in [-0.2, 0) is 4.79 Å². The van der Waals surface area contributed by atoms with E-state index >= 15 is 0 Å². The van der Waals surface area contributed by atoms with E-state index in [4.69, 9.17) is 15.3 Å². The zero-order chi connectivity index (χ0) is 9.56. The van der Waals surface area contributed by atoms with Crippen LogP contribution in [0.3, 0.4) is 0 Å². The lowest BCUT2D eigenvalue weighted by atomic mass is 10.1. The molecule has 1 atom stereocenters. The molecule has 0 aromatic heterocycles. The van der Waals surface area contributed by atoms with Gasteiger partial charge in [0.25, 0.3) is 0 Å². The molecule has 0 aliphatic heterocycles. The molecule has 5 heteroatoms. The summed E-state index contributed by atoms with van der Waals surface area (Å²) in [5.41, 5.74) is 0. The summed E-state index contributed by atoms with van der Waals surface area (Å²) in [6, 6.07) is 0. The summed E-state index contributed by atoms with van der Waals surface area (Å²) in [7, 11) is 0. The molecule has 4 N–H and O–H groups in total. The van der Waals surface area contributed by atoms with Gasteiger partial charge in [0.1, 0.15) is 6.23 Å². The molecule has 1 amide bonds. The van der Waals surface area contributed by atoms with Gasteiger partial charge in [0.05, 0.1) is 13.2 Å². The largest absolute Gasteiger partial charge is 0.396 e. The second-order valence-corrected chi connectivity index (χ2v) is 2.28. The third kappa shape index (κ3) is 3.47. The maximum atomic E-state index is 10.6. The normalized spacial score (nSPS) is 12.7. The van der Waals surface area contributed by atoms with Crippen LogP contribution in [0.25, 0.3) is 0 Å². The van der Waals surface area contributed by atoms with Crippen molar-refractivity contribution in [1.29, 1.82) is 0 Å². The summed E-state index contributed by atoms with van der Waals surface area (Å²) in [5.74, 6) is -1.30. The average Bonchev–Trinajstić information content (AvgIpc) is 2.06.